The van der Waals surface area contributed by atoms with Crippen LogP contribution in [0.15, 0.2) is 53.4 Å². The first kappa shape index (κ1) is 25.3. The van der Waals surface area contributed by atoms with Crippen molar-refractivity contribution in [3.05, 3.63) is 59.9 Å². The first-order valence-corrected chi connectivity index (χ1v) is 13.6. The van der Waals surface area contributed by atoms with Gasteiger partial charge in [0.15, 0.2) is 0 Å². The van der Waals surface area contributed by atoms with Gasteiger partial charge in [0.2, 0.25) is 10.0 Å². The summed E-state index contributed by atoms with van der Waals surface area (Å²) in [5, 5.41) is 0. The van der Waals surface area contributed by atoms with Gasteiger partial charge in [-0.2, -0.15) is 4.31 Å². The maximum Gasteiger partial charge on any atom is 0.314 e. The summed E-state index contributed by atoms with van der Waals surface area (Å²) in [5.41, 5.74) is 2.31. The van der Waals surface area contributed by atoms with Crippen molar-refractivity contribution in [2.75, 3.05) is 26.3 Å². The molecule has 1 aliphatic heterocycles. The minimum absolute atomic E-state index is 0.0205. The highest BCUT2D eigenvalue weighted by Gasteiger charge is 2.29. The van der Waals surface area contributed by atoms with Crippen LogP contribution < -0.4 is 0 Å². The summed E-state index contributed by atoms with van der Waals surface area (Å²) in [6.45, 7) is 8.19. The molecule has 0 N–H and O–H groups in total. The Balaban J connectivity index is 1.58. The number of hydrogen-bond acceptors (Lipinski definition) is 6. The fourth-order valence-corrected chi connectivity index (χ4v) is 5.97. The van der Waals surface area contributed by atoms with Crippen LogP contribution in [-0.4, -0.2) is 54.5 Å². The Kier molecular flexibility index (Phi) is 7.88. The van der Waals surface area contributed by atoms with E-state index < -0.39 is 10.0 Å². The number of aryl methyl sites for hydroxylation is 1. The number of rotatable bonds is 9. The normalized spacial score (nSPS) is 16.8. The van der Waals surface area contributed by atoms with E-state index in [2.05, 4.69) is 18.8 Å². The Morgan fingerprint density at radius 2 is 1.83 bits per heavy atom. The molecule has 2 aromatic carbocycles. The van der Waals surface area contributed by atoms with Gasteiger partial charge in [-0.05, 0) is 36.6 Å². The summed E-state index contributed by atoms with van der Waals surface area (Å²) >= 11 is 0. The van der Waals surface area contributed by atoms with Gasteiger partial charge in [-0.25, -0.2) is 13.4 Å². The number of esters is 1. The van der Waals surface area contributed by atoms with E-state index in [1.54, 1.807) is 18.2 Å². The molecule has 0 amide bonds. The van der Waals surface area contributed by atoms with Crippen molar-refractivity contribution in [2.24, 2.45) is 5.92 Å². The largest absolute Gasteiger partial charge is 0.457 e. The molecular weight excluding hydrogens is 466 g/mol. The molecule has 188 valence electrons. The monoisotopic (exact) mass is 499 g/mol. The number of morpholine rings is 1. The number of sulfonamides is 1. The highest BCUT2D eigenvalue weighted by atomic mass is 32.2. The van der Waals surface area contributed by atoms with Crippen molar-refractivity contribution in [2.45, 2.75) is 51.2 Å². The predicted octanol–water partition coefficient (Wildman–Crippen LogP) is 3.95. The van der Waals surface area contributed by atoms with Gasteiger partial charge in [-0.1, -0.05) is 50.6 Å². The van der Waals surface area contributed by atoms with Crippen molar-refractivity contribution < 1.29 is 22.7 Å². The number of carbonyl (C=O) groups excluding carboxylic acids is 1. The molecule has 35 heavy (non-hydrogen) atoms. The summed E-state index contributed by atoms with van der Waals surface area (Å²) in [7, 11) is -3.63. The smallest absolute Gasteiger partial charge is 0.314 e. The second kappa shape index (κ2) is 10.9. The van der Waals surface area contributed by atoms with Crippen molar-refractivity contribution in [3.63, 3.8) is 0 Å². The summed E-state index contributed by atoms with van der Waals surface area (Å²) in [4.78, 5) is 18.0. The van der Waals surface area contributed by atoms with Crippen LogP contribution in [0.5, 0.6) is 0 Å². The Morgan fingerprint density at radius 1 is 1.11 bits per heavy atom. The fraction of sp³-hybridized carbons (Fsp3) is 0.462. The molecule has 3 aromatic rings. The number of aromatic nitrogens is 2. The van der Waals surface area contributed by atoms with Crippen LogP contribution in [0.25, 0.3) is 11.0 Å². The number of ether oxygens (including phenoxy) is 2. The Morgan fingerprint density at radius 3 is 2.49 bits per heavy atom. The molecule has 0 aliphatic carbocycles. The number of hydrogen-bond donors (Lipinski definition) is 0. The second-order valence-electron chi connectivity index (χ2n) is 8.82. The van der Waals surface area contributed by atoms with E-state index in [0.29, 0.717) is 44.2 Å². The third-order valence-electron chi connectivity index (χ3n) is 6.69. The van der Waals surface area contributed by atoms with E-state index in [1.807, 2.05) is 41.8 Å². The van der Waals surface area contributed by atoms with Crippen LogP contribution in [0.1, 0.15) is 44.5 Å². The van der Waals surface area contributed by atoms with E-state index in [9.17, 15) is 13.2 Å². The average Bonchev–Trinajstić information content (AvgIpc) is 3.25. The number of nitrogens with zero attached hydrogens (tertiary/aromatic N) is 3. The molecule has 1 aromatic heterocycles. The topological polar surface area (TPSA) is 90.7 Å². The van der Waals surface area contributed by atoms with Gasteiger partial charge in [-0.15, -0.1) is 0 Å². The quantitative estimate of drug-likeness (QED) is 0.414. The Labute approximate surface area is 206 Å². The molecule has 1 fully saturated rings. The lowest BCUT2D eigenvalue weighted by molar-refractivity contribution is -0.148. The van der Waals surface area contributed by atoms with Crippen LogP contribution in [0.4, 0.5) is 0 Å². The lowest BCUT2D eigenvalue weighted by Crippen LogP contribution is -2.40. The molecule has 0 saturated carbocycles. The second-order valence-corrected chi connectivity index (χ2v) is 10.8. The van der Waals surface area contributed by atoms with Crippen LogP contribution in [0.2, 0.25) is 0 Å². The van der Waals surface area contributed by atoms with Crippen molar-refractivity contribution in [1.29, 1.82) is 0 Å². The lowest BCUT2D eigenvalue weighted by atomic mass is 9.86. The molecule has 0 unspecified atom stereocenters. The number of imidazole rings is 1. The van der Waals surface area contributed by atoms with Gasteiger partial charge < -0.3 is 14.0 Å². The first-order valence-electron chi connectivity index (χ1n) is 12.2. The fourth-order valence-electron chi connectivity index (χ4n) is 4.54. The minimum atomic E-state index is -3.63. The third-order valence-corrected chi connectivity index (χ3v) is 8.59. The van der Waals surface area contributed by atoms with Crippen LogP contribution in [0, 0.1) is 5.92 Å². The van der Waals surface area contributed by atoms with Gasteiger partial charge in [0.05, 0.1) is 35.1 Å². The van der Waals surface area contributed by atoms with Crippen LogP contribution in [-0.2, 0) is 37.4 Å². The summed E-state index contributed by atoms with van der Waals surface area (Å²) in [6, 6.07) is 14.7. The highest BCUT2D eigenvalue weighted by molar-refractivity contribution is 7.89. The molecular formula is C26H33N3O5S. The van der Waals surface area contributed by atoms with E-state index in [-0.39, 0.29) is 29.3 Å². The molecule has 0 spiro atoms. The number of fused-ring (bicyclic) bond motifs is 1. The van der Waals surface area contributed by atoms with E-state index in [0.717, 1.165) is 17.5 Å². The van der Waals surface area contributed by atoms with Crippen molar-refractivity contribution in [1.82, 2.24) is 13.9 Å². The molecule has 1 saturated heterocycles. The zero-order valence-electron chi connectivity index (χ0n) is 20.5. The summed E-state index contributed by atoms with van der Waals surface area (Å²) < 4.78 is 40.6. The maximum atomic E-state index is 13.1. The summed E-state index contributed by atoms with van der Waals surface area (Å²) in [5.74, 6) is 0.0809. The molecule has 8 nitrogen and oxygen atoms in total. The highest BCUT2D eigenvalue weighted by Crippen LogP contribution is 2.29. The Hall–Kier alpha value is -2.75. The van der Waals surface area contributed by atoms with Gasteiger partial charge in [-0.3, -0.25) is 4.79 Å². The molecule has 0 radical (unpaired) electrons. The Bertz CT molecular complexity index is 1270. The standard InChI is InChI=1S/C26H33N3O5S/c1-4-19(3)25(20-9-7-6-8-10-20)26(30)34-18-24-27-22-17-21(11-12-23(22)29(24)5-2)35(31,32)28-13-15-33-16-14-28/h6-12,17,19,25H,4-5,13-16,18H2,1-3H3/t19-,25+/m1/s1. The van der Waals surface area contributed by atoms with E-state index in [4.69, 9.17) is 9.47 Å². The number of carbonyl (C=O) groups is 1. The maximum absolute atomic E-state index is 13.1. The van der Waals surface area contributed by atoms with Crippen molar-refractivity contribution >= 4 is 27.0 Å². The van der Waals surface area contributed by atoms with E-state index >= 15 is 0 Å². The first-order chi connectivity index (χ1) is 16.9. The van der Waals surface area contributed by atoms with Crippen LogP contribution >= 0.6 is 0 Å². The summed E-state index contributed by atoms with van der Waals surface area (Å²) in [6.07, 6.45) is 0.850. The third kappa shape index (κ3) is 5.27. The molecule has 9 heteroatoms. The molecule has 2 heterocycles. The van der Waals surface area contributed by atoms with Gasteiger partial charge in [0.1, 0.15) is 12.4 Å². The molecule has 0 bridgehead atoms. The zero-order valence-corrected chi connectivity index (χ0v) is 21.3. The van der Waals surface area contributed by atoms with Gasteiger partial charge in [0.25, 0.3) is 0 Å². The zero-order chi connectivity index (χ0) is 25.0. The number of benzene rings is 2. The van der Waals surface area contributed by atoms with Crippen molar-refractivity contribution in [3.8, 4) is 0 Å². The SMILES string of the molecule is CC[C@@H](C)[C@H](C(=O)OCc1nc2cc(S(=O)(=O)N3CCOCC3)ccc2n1CC)c1ccccc1. The van der Waals surface area contributed by atoms with Crippen LogP contribution in [0.3, 0.4) is 0 Å². The lowest BCUT2D eigenvalue weighted by Gasteiger charge is -2.26. The minimum Gasteiger partial charge on any atom is -0.457 e. The van der Waals surface area contributed by atoms with E-state index in [1.165, 1.54) is 4.31 Å². The predicted molar refractivity (Wildman–Crippen MR) is 133 cm³/mol. The molecule has 1 aliphatic rings. The molecule has 2 atom stereocenters. The molecule has 4 rings (SSSR count). The van der Waals surface area contributed by atoms with Gasteiger partial charge >= 0.3 is 5.97 Å². The average molecular weight is 500 g/mol. The van der Waals surface area contributed by atoms with Gasteiger partial charge in [0, 0.05) is 19.6 Å².